The number of sulfonamides is 1. The fourth-order valence-corrected chi connectivity index (χ4v) is 6.49. The van der Waals surface area contributed by atoms with Crippen molar-refractivity contribution in [2.75, 3.05) is 42.5 Å². The first-order chi connectivity index (χ1) is 18.6. The van der Waals surface area contributed by atoms with E-state index in [0.717, 1.165) is 38.3 Å². The number of hydrogen-bond donors (Lipinski definition) is 1. The zero-order valence-electron chi connectivity index (χ0n) is 22.6. The van der Waals surface area contributed by atoms with Crippen LogP contribution in [0.15, 0.2) is 66.0 Å². The molecule has 11 heteroatoms. The standard InChI is InChI=1S/C28H35N7O3S/c1-21-18-28(2,3)35(19-21)26-23(9-7-13-30-26)27(36)32-39(37,38)25-11-6-10-24(31-25)34-16-14-33(15-17-34)20-22-8-4-5-12-29-22/h4-13,21H,14-20H2,1-3H3,(H,32,36). The minimum atomic E-state index is -4.20. The molecule has 0 spiro atoms. The Morgan fingerprint density at radius 1 is 1.00 bits per heavy atom. The van der Waals surface area contributed by atoms with Crippen molar-refractivity contribution in [1.82, 2.24) is 24.6 Å². The maximum Gasteiger partial charge on any atom is 0.281 e. The number of pyridine rings is 3. The summed E-state index contributed by atoms with van der Waals surface area (Å²) in [6.45, 7) is 10.9. The molecule has 1 N–H and O–H groups in total. The van der Waals surface area contributed by atoms with Crippen molar-refractivity contribution < 1.29 is 13.2 Å². The van der Waals surface area contributed by atoms with Crippen LogP contribution in [0.5, 0.6) is 0 Å². The van der Waals surface area contributed by atoms with E-state index in [9.17, 15) is 13.2 Å². The third-order valence-electron chi connectivity index (χ3n) is 7.38. The van der Waals surface area contributed by atoms with Gasteiger partial charge in [-0.1, -0.05) is 19.1 Å². The van der Waals surface area contributed by atoms with Crippen molar-refractivity contribution in [2.45, 2.75) is 44.3 Å². The molecular formula is C28H35N7O3S. The van der Waals surface area contributed by atoms with Crippen LogP contribution in [-0.2, 0) is 16.6 Å². The molecule has 0 bridgehead atoms. The Morgan fingerprint density at radius 3 is 2.46 bits per heavy atom. The molecule has 39 heavy (non-hydrogen) atoms. The molecule has 3 aromatic heterocycles. The summed E-state index contributed by atoms with van der Waals surface area (Å²) in [4.78, 5) is 33.0. The number of nitrogens with one attached hydrogen (secondary N) is 1. The van der Waals surface area contributed by atoms with E-state index >= 15 is 0 Å². The molecule has 1 atom stereocenters. The lowest BCUT2D eigenvalue weighted by atomic mass is 9.97. The highest BCUT2D eigenvalue weighted by Gasteiger charge is 2.39. The number of anilines is 2. The van der Waals surface area contributed by atoms with E-state index in [2.05, 4.69) is 55.1 Å². The van der Waals surface area contributed by atoms with Crippen LogP contribution in [0.2, 0.25) is 0 Å². The van der Waals surface area contributed by atoms with Gasteiger partial charge in [0.25, 0.3) is 15.9 Å². The smallest absolute Gasteiger partial charge is 0.281 e. The molecule has 10 nitrogen and oxygen atoms in total. The minimum Gasteiger partial charge on any atom is -0.354 e. The molecule has 0 aromatic carbocycles. The molecule has 0 saturated carbocycles. The Kier molecular flexibility index (Phi) is 7.55. The highest BCUT2D eigenvalue weighted by molar-refractivity contribution is 7.90. The van der Waals surface area contributed by atoms with E-state index in [1.807, 2.05) is 18.2 Å². The summed E-state index contributed by atoms with van der Waals surface area (Å²) >= 11 is 0. The number of hydrogen-bond acceptors (Lipinski definition) is 9. The molecule has 3 aromatic rings. The summed E-state index contributed by atoms with van der Waals surface area (Å²) in [7, 11) is -4.20. The zero-order chi connectivity index (χ0) is 27.6. The first-order valence-corrected chi connectivity index (χ1v) is 14.7. The average Bonchev–Trinajstić information content (AvgIpc) is 3.21. The Bertz CT molecular complexity index is 1420. The number of amides is 1. The molecular weight excluding hydrogens is 514 g/mol. The highest BCUT2D eigenvalue weighted by atomic mass is 32.2. The van der Waals surface area contributed by atoms with Crippen LogP contribution in [0.3, 0.4) is 0 Å². The summed E-state index contributed by atoms with van der Waals surface area (Å²) in [6.07, 6.45) is 4.38. The second-order valence-corrected chi connectivity index (χ2v) is 12.6. The first kappa shape index (κ1) is 27.0. The summed E-state index contributed by atoms with van der Waals surface area (Å²) in [5, 5.41) is -0.190. The molecule has 206 valence electrons. The van der Waals surface area contributed by atoms with Gasteiger partial charge in [0.15, 0.2) is 5.03 Å². The topological polar surface area (TPSA) is 112 Å². The minimum absolute atomic E-state index is 0.190. The lowest BCUT2D eigenvalue weighted by Crippen LogP contribution is -2.46. The van der Waals surface area contributed by atoms with Gasteiger partial charge in [-0.3, -0.25) is 14.7 Å². The number of carbonyl (C=O) groups is 1. The van der Waals surface area contributed by atoms with Crippen LogP contribution in [0.1, 0.15) is 43.2 Å². The molecule has 1 unspecified atom stereocenters. The Labute approximate surface area is 230 Å². The van der Waals surface area contributed by atoms with Crippen LogP contribution < -0.4 is 14.5 Å². The van der Waals surface area contributed by atoms with E-state index in [-0.39, 0.29) is 16.1 Å². The van der Waals surface area contributed by atoms with Gasteiger partial charge in [-0.15, -0.1) is 0 Å². The Morgan fingerprint density at radius 2 is 1.77 bits per heavy atom. The number of nitrogens with zero attached hydrogens (tertiary/aromatic N) is 6. The lowest BCUT2D eigenvalue weighted by Gasteiger charge is -2.35. The van der Waals surface area contributed by atoms with Gasteiger partial charge in [0.1, 0.15) is 11.6 Å². The van der Waals surface area contributed by atoms with Crippen molar-refractivity contribution >= 4 is 27.6 Å². The number of aromatic nitrogens is 3. The predicted octanol–water partition coefficient (Wildman–Crippen LogP) is 2.94. The maximum absolute atomic E-state index is 13.3. The number of carbonyl (C=O) groups excluding carboxylic acids is 1. The van der Waals surface area contributed by atoms with Crippen LogP contribution in [-0.4, -0.2) is 72.4 Å². The predicted molar refractivity (Wildman–Crippen MR) is 150 cm³/mol. The molecule has 0 radical (unpaired) electrons. The normalized spacial score (nSPS) is 19.7. The van der Waals surface area contributed by atoms with Gasteiger partial charge in [-0.25, -0.2) is 14.7 Å². The Balaban J connectivity index is 1.28. The number of piperazine rings is 1. The fourth-order valence-electron chi connectivity index (χ4n) is 5.56. The van der Waals surface area contributed by atoms with E-state index in [1.165, 1.54) is 6.07 Å². The van der Waals surface area contributed by atoms with Gasteiger partial charge in [-0.2, -0.15) is 8.42 Å². The van der Waals surface area contributed by atoms with Crippen molar-refractivity contribution in [3.63, 3.8) is 0 Å². The summed E-state index contributed by atoms with van der Waals surface area (Å²) < 4.78 is 28.7. The lowest BCUT2D eigenvalue weighted by molar-refractivity contribution is 0.0981. The molecule has 5 heterocycles. The number of rotatable bonds is 7. The van der Waals surface area contributed by atoms with Gasteiger partial charge >= 0.3 is 0 Å². The molecule has 2 aliphatic rings. The molecule has 2 fully saturated rings. The van der Waals surface area contributed by atoms with Crippen molar-refractivity contribution in [3.8, 4) is 0 Å². The Hall–Kier alpha value is -3.57. The van der Waals surface area contributed by atoms with Gasteiger partial charge < -0.3 is 9.80 Å². The van der Waals surface area contributed by atoms with E-state index < -0.39 is 15.9 Å². The second kappa shape index (κ2) is 10.9. The largest absolute Gasteiger partial charge is 0.354 e. The van der Waals surface area contributed by atoms with Gasteiger partial charge in [0.05, 0.1) is 11.3 Å². The van der Waals surface area contributed by atoms with Gasteiger partial charge in [0.2, 0.25) is 0 Å². The van der Waals surface area contributed by atoms with Crippen LogP contribution in [0.25, 0.3) is 0 Å². The van der Waals surface area contributed by atoms with Crippen molar-refractivity contribution in [1.29, 1.82) is 0 Å². The van der Waals surface area contributed by atoms with Gasteiger partial charge in [-0.05, 0) is 62.6 Å². The summed E-state index contributed by atoms with van der Waals surface area (Å²) in [6, 6.07) is 14.0. The first-order valence-electron chi connectivity index (χ1n) is 13.3. The zero-order valence-corrected chi connectivity index (χ0v) is 23.4. The molecule has 1 amide bonds. The SMILES string of the molecule is CC1CN(c2ncccc2C(=O)NS(=O)(=O)c2cccc(N3CCN(Cc4ccccn4)CC3)n2)C(C)(C)C1. The van der Waals surface area contributed by atoms with Crippen molar-refractivity contribution in [2.24, 2.45) is 5.92 Å². The summed E-state index contributed by atoms with van der Waals surface area (Å²) in [5.41, 5.74) is 1.05. The van der Waals surface area contributed by atoms with Crippen molar-refractivity contribution in [3.05, 3.63) is 72.2 Å². The van der Waals surface area contributed by atoms with Crippen LogP contribution >= 0.6 is 0 Å². The molecule has 0 aliphatic carbocycles. The third-order valence-corrected chi connectivity index (χ3v) is 8.61. The quantitative estimate of drug-likeness (QED) is 0.475. The molecule has 5 rings (SSSR count). The maximum atomic E-state index is 13.3. The average molecular weight is 550 g/mol. The third kappa shape index (κ3) is 6.04. The monoisotopic (exact) mass is 549 g/mol. The van der Waals surface area contributed by atoms with E-state index in [1.54, 1.807) is 36.7 Å². The van der Waals surface area contributed by atoms with Crippen LogP contribution in [0.4, 0.5) is 11.6 Å². The molecule has 2 saturated heterocycles. The molecule has 2 aliphatic heterocycles. The van der Waals surface area contributed by atoms with Gasteiger partial charge in [0, 0.05) is 57.2 Å². The van der Waals surface area contributed by atoms with E-state index in [4.69, 9.17) is 0 Å². The second-order valence-electron chi connectivity index (χ2n) is 11.0. The summed E-state index contributed by atoms with van der Waals surface area (Å²) in [5.74, 6) is 0.775. The highest BCUT2D eigenvalue weighted by Crippen LogP contribution is 2.37. The fraction of sp³-hybridized carbons (Fsp3) is 0.429. The van der Waals surface area contributed by atoms with Crippen LogP contribution in [0, 0.1) is 5.92 Å². The van der Waals surface area contributed by atoms with E-state index in [0.29, 0.717) is 30.6 Å².